The highest BCUT2D eigenvalue weighted by Crippen LogP contribution is 2.13. The molecule has 47 heavy (non-hydrogen) atoms. The third-order valence-corrected chi connectivity index (χ3v) is 8.38. The van der Waals surface area contributed by atoms with Crippen molar-refractivity contribution in [2.24, 2.45) is 0 Å². The Kier molecular flexibility index (Phi) is 34.6. The second-order valence-corrected chi connectivity index (χ2v) is 13.0. The molecule has 6 nitrogen and oxygen atoms in total. The van der Waals surface area contributed by atoms with Gasteiger partial charge in [0, 0.05) is 19.3 Å². The maximum atomic E-state index is 12.5. The van der Waals surface area contributed by atoms with E-state index in [9.17, 15) is 14.4 Å². The fourth-order valence-corrected chi connectivity index (χ4v) is 5.39. The lowest BCUT2D eigenvalue weighted by Gasteiger charge is -2.18. The zero-order valence-electron chi connectivity index (χ0n) is 30.5. The normalized spacial score (nSPS) is 11.8. The van der Waals surface area contributed by atoms with Crippen LogP contribution in [0.2, 0.25) is 0 Å². The molecule has 0 N–H and O–H groups in total. The van der Waals surface area contributed by atoms with Crippen LogP contribution in [0.5, 0.6) is 0 Å². The van der Waals surface area contributed by atoms with E-state index in [1.807, 2.05) is 12.2 Å². The van der Waals surface area contributed by atoms with Crippen molar-refractivity contribution in [3.8, 4) is 0 Å². The van der Waals surface area contributed by atoms with E-state index < -0.39 is 6.10 Å². The molecule has 0 amide bonds. The van der Waals surface area contributed by atoms with Gasteiger partial charge in [0.2, 0.25) is 0 Å². The Hall–Kier alpha value is -2.37. The number of allylic oxidation sites excluding steroid dienone is 4. The van der Waals surface area contributed by atoms with Crippen LogP contribution < -0.4 is 0 Å². The van der Waals surface area contributed by atoms with Crippen molar-refractivity contribution in [2.45, 2.75) is 193 Å². The first-order valence-electron chi connectivity index (χ1n) is 19.4. The van der Waals surface area contributed by atoms with E-state index in [2.05, 4.69) is 32.2 Å². The minimum atomic E-state index is -0.781. The lowest BCUT2D eigenvalue weighted by molar-refractivity contribution is -0.167. The zero-order chi connectivity index (χ0) is 34.5. The molecule has 6 heteroatoms. The van der Waals surface area contributed by atoms with Crippen LogP contribution in [0.25, 0.3) is 0 Å². The molecule has 0 radical (unpaired) electrons. The van der Waals surface area contributed by atoms with Gasteiger partial charge in [-0.3, -0.25) is 14.4 Å². The number of ether oxygens (including phenoxy) is 3. The molecule has 1 atom stereocenters. The van der Waals surface area contributed by atoms with Crippen LogP contribution in [0.15, 0.2) is 37.5 Å². The van der Waals surface area contributed by atoms with Gasteiger partial charge in [0.05, 0.1) is 0 Å². The van der Waals surface area contributed by atoms with E-state index in [1.165, 1.54) is 57.8 Å². The molecule has 0 aromatic carbocycles. The third kappa shape index (κ3) is 34.8. The molecule has 0 rings (SSSR count). The summed E-state index contributed by atoms with van der Waals surface area (Å²) in [5.74, 6) is -0.952. The molecule has 1 unspecified atom stereocenters. The van der Waals surface area contributed by atoms with Gasteiger partial charge < -0.3 is 14.2 Å². The van der Waals surface area contributed by atoms with Gasteiger partial charge in [-0.05, 0) is 70.6 Å². The van der Waals surface area contributed by atoms with Gasteiger partial charge in [-0.15, -0.1) is 13.2 Å². The molecule has 0 aliphatic rings. The fraction of sp³-hybridized carbons (Fsp3) is 0.780. The Bertz CT molecular complexity index is 789. The number of esters is 3. The molecule has 0 spiro atoms. The van der Waals surface area contributed by atoms with Gasteiger partial charge >= 0.3 is 17.9 Å². The summed E-state index contributed by atoms with van der Waals surface area (Å²) in [5, 5.41) is 0. The van der Waals surface area contributed by atoms with Crippen LogP contribution in [0.4, 0.5) is 0 Å². The number of carbonyl (C=O) groups excluding carboxylic acids is 3. The second kappa shape index (κ2) is 36.5. The Morgan fingerprint density at radius 3 is 1.21 bits per heavy atom. The average Bonchev–Trinajstić information content (AvgIpc) is 3.06. The largest absolute Gasteiger partial charge is 0.462 e. The maximum Gasteiger partial charge on any atom is 0.306 e. The van der Waals surface area contributed by atoms with Crippen molar-refractivity contribution in [1.82, 2.24) is 0 Å². The van der Waals surface area contributed by atoms with E-state index in [0.29, 0.717) is 19.3 Å². The predicted octanol–water partition coefficient (Wildman–Crippen LogP) is 11.9. The third-order valence-electron chi connectivity index (χ3n) is 8.38. The van der Waals surface area contributed by atoms with Gasteiger partial charge in [-0.25, -0.2) is 0 Å². The highest BCUT2D eigenvalue weighted by Gasteiger charge is 2.19. The van der Waals surface area contributed by atoms with E-state index in [1.54, 1.807) is 0 Å². The van der Waals surface area contributed by atoms with Gasteiger partial charge in [-0.2, -0.15) is 0 Å². The Morgan fingerprint density at radius 1 is 0.468 bits per heavy atom. The summed E-state index contributed by atoms with van der Waals surface area (Å²) >= 11 is 0. The predicted molar refractivity (Wildman–Crippen MR) is 196 cm³/mol. The maximum absolute atomic E-state index is 12.5. The van der Waals surface area contributed by atoms with E-state index in [4.69, 9.17) is 14.2 Å². The summed E-state index contributed by atoms with van der Waals surface area (Å²) in [5.41, 5.74) is 0. The summed E-state index contributed by atoms with van der Waals surface area (Å²) in [6.45, 7) is 9.56. The van der Waals surface area contributed by atoms with Crippen molar-refractivity contribution in [3.05, 3.63) is 37.5 Å². The Balaban J connectivity index is 4.25. The monoisotopic (exact) mass is 661 g/mol. The fourth-order valence-electron chi connectivity index (χ4n) is 5.39. The Labute approximate surface area is 289 Å². The standard InChI is InChI=1S/C41H72O6/c1-4-7-10-13-16-17-18-19-20-21-22-23-26-28-31-34-40(43)46-37-38(47-41(44)35-32-29-25-15-12-9-6-3)36-45-39(42)33-30-27-24-14-11-8-5-2/h5-6,19-20,38H,2-4,7-18,21-37H2,1H3/b20-19-. The summed E-state index contributed by atoms with van der Waals surface area (Å²) < 4.78 is 16.5. The first-order valence-corrected chi connectivity index (χ1v) is 19.4. The summed E-state index contributed by atoms with van der Waals surface area (Å²) in [6.07, 6.45) is 36.6. The molecule has 0 saturated carbocycles. The number of carbonyl (C=O) groups is 3. The van der Waals surface area contributed by atoms with E-state index in [-0.39, 0.29) is 31.1 Å². The van der Waals surface area contributed by atoms with Crippen LogP contribution in [-0.4, -0.2) is 37.2 Å². The van der Waals surface area contributed by atoms with Crippen molar-refractivity contribution in [3.63, 3.8) is 0 Å². The average molecular weight is 661 g/mol. The van der Waals surface area contributed by atoms with E-state index >= 15 is 0 Å². The van der Waals surface area contributed by atoms with E-state index in [0.717, 1.165) is 103 Å². The molecule has 0 saturated heterocycles. The van der Waals surface area contributed by atoms with Gasteiger partial charge in [0.1, 0.15) is 13.2 Å². The summed E-state index contributed by atoms with van der Waals surface area (Å²) in [7, 11) is 0. The summed E-state index contributed by atoms with van der Waals surface area (Å²) in [6, 6.07) is 0. The number of rotatable bonds is 36. The van der Waals surface area contributed by atoms with Crippen LogP contribution in [-0.2, 0) is 28.6 Å². The number of hydrogen-bond acceptors (Lipinski definition) is 6. The quantitative estimate of drug-likeness (QED) is 0.0288. The molecular formula is C41H72O6. The second-order valence-electron chi connectivity index (χ2n) is 13.0. The lowest BCUT2D eigenvalue weighted by atomic mass is 10.1. The first-order chi connectivity index (χ1) is 23.0. The van der Waals surface area contributed by atoms with Gasteiger partial charge in [0.15, 0.2) is 6.10 Å². The lowest BCUT2D eigenvalue weighted by Crippen LogP contribution is -2.30. The SMILES string of the molecule is C=CCCCCCCCC(=O)OCC(COC(=O)CCCCCCC/C=C\CCCCCCCC)OC(=O)CCCCCCCC=C. The molecule has 0 bridgehead atoms. The van der Waals surface area contributed by atoms with Crippen molar-refractivity contribution in [2.75, 3.05) is 13.2 Å². The topological polar surface area (TPSA) is 78.9 Å². The molecule has 0 fully saturated rings. The van der Waals surface area contributed by atoms with Crippen LogP contribution >= 0.6 is 0 Å². The van der Waals surface area contributed by atoms with Gasteiger partial charge in [-0.1, -0.05) is 121 Å². The highest BCUT2D eigenvalue weighted by molar-refractivity contribution is 5.71. The number of hydrogen-bond donors (Lipinski definition) is 0. The van der Waals surface area contributed by atoms with Crippen molar-refractivity contribution in [1.29, 1.82) is 0 Å². The smallest absolute Gasteiger partial charge is 0.306 e. The first kappa shape index (κ1) is 44.6. The summed E-state index contributed by atoms with van der Waals surface area (Å²) in [4.78, 5) is 37.2. The van der Waals surface area contributed by atoms with Crippen LogP contribution in [0.3, 0.4) is 0 Å². The van der Waals surface area contributed by atoms with Crippen LogP contribution in [0.1, 0.15) is 187 Å². The molecule has 0 aliphatic carbocycles. The van der Waals surface area contributed by atoms with Crippen molar-refractivity contribution < 1.29 is 28.6 Å². The van der Waals surface area contributed by atoms with Crippen molar-refractivity contribution >= 4 is 17.9 Å². The number of unbranched alkanes of at least 4 members (excludes halogenated alkanes) is 21. The van der Waals surface area contributed by atoms with Crippen LogP contribution in [0, 0.1) is 0 Å². The highest BCUT2D eigenvalue weighted by atomic mass is 16.6. The Morgan fingerprint density at radius 2 is 0.809 bits per heavy atom. The molecule has 0 aromatic rings. The van der Waals surface area contributed by atoms with Gasteiger partial charge in [0.25, 0.3) is 0 Å². The molecular weight excluding hydrogens is 588 g/mol. The minimum absolute atomic E-state index is 0.0895. The minimum Gasteiger partial charge on any atom is -0.462 e. The molecule has 0 heterocycles. The molecule has 0 aromatic heterocycles. The molecule has 272 valence electrons. The zero-order valence-corrected chi connectivity index (χ0v) is 30.5. The molecule has 0 aliphatic heterocycles.